The van der Waals surface area contributed by atoms with Crippen molar-refractivity contribution in [3.8, 4) is 17.2 Å². The van der Waals surface area contributed by atoms with E-state index in [1.54, 1.807) is 46.2 Å². The smallest absolute Gasteiger partial charge is 0.254 e. The summed E-state index contributed by atoms with van der Waals surface area (Å²) in [5.41, 5.74) is 1.47. The first kappa shape index (κ1) is 22.9. The van der Waals surface area contributed by atoms with Crippen LogP contribution < -0.4 is 19.5 Å². The molecule has 0 unspecified atom stereocenters. The first-order valence-electron chi connectivity index (χ1n) is 10.1. The van der Waals surface area contributed by atoms with Crippen LogP contribution in [0.3, 0.4) is 0 Å². The Kier molecular flexibility index (Phi) is 7.19. The topological polar surface area (TPSA) is 97.4 Å². The number of hydrogen-bond donors (Lipinski definition) is 1. The maximum absolute atomic E-state index is 13.1. The minimum atomic E-state index is -0.200. The molecule has 0 aromatic heterocycles. The SMILES string of the molecule is COc1cc(C(=O)N2CCN(C(=O)c3cccc(NC(C)=O)c3)CC2)cc(OC)c1OC. The average Bonchev–Trinajstić information content (AvgIpc) is 2.81. The Bertz CT molecular complexity index is 990. The minimum Gasteiger partial charge on any atom is -0.493 e. The van der Waals surface area contributed by atoms with Gasteiger partial charge < -0.3 is 29.3 Å². The van der Waals surface area contributed by atoms with E-state index in [-0.39, 0.29) is 17.7 Å². The van der Waals surface area contributed by atoms with Gasteiger partial charge in [-0.05, 0) is 30.3 Å². The highest BCUT2D eigenvalue weighted by Gasteiger charge is 2.27. The number of hydrogen-bond acceptors (Lipinski definition) is 6. The normalized spacial score (nSPS) is 13.4. The predicted octanol–water partition coefficient (Wildman–Crippen LogP) is 2.27. The molecule has 1 N–H and O–H groups in total. The summed E-state index contributed by atoms with van der Waals surface area (Å²) < 4.78 is 16.0. The standard InChI is InChI=1S/C23H27N3O6/c1-15(27)24-18-7-5-6-16(12-18)22(28)25-8-10-26(11-9-25)23(29)17-13-19(30-2)21(32-4)20(14-17)31-3/h5-7,12-14H,8-11H2,1-4H3,(H,24,27). The molecule has 0 spiro atoms. The van der Waals surface area contributed by atoms with Gasteiger partial charge in [-0.2, -0.15) is 0 Å². The van der Waals surface area contributed by atoms with E-state index in [1.807, 2.05) is 0 Å². The van der Waals surface area contributed by atoms with Crippen molar-refractivity contribution in [2.45, 2.75) is 6.92 Å². The Hall–Kier alpha value is -3.75. The van der Waals surface area contributed by atoms with Gasteiger partial charge in [0.05, 0.1) is 21.3 Å². The molecule has 1 heterocycles. The van der Waals surface area contributed by atoms with Crippen LogP contribution in [0.25, 0.3) is 0 Å². The van der Waals surface area contributed by atoms with Crippen molar-refractivity contribution in [2.24, 2.45) is 0 Å². The van der Waals surface area contributed by atoms with Crippen molar-refractivity contribution >= 4 is 23.4 Å². The molecule has 170 valence electrons. The lowest BCUT2D eigenvalue weighted by Crippen LogP contribution is -2.50. The highest BCUT2D eigenvalue weighted by Crippen LogP contribution is 2.38. The number of rotatable bonds is 6. The van der Waals surface area contributed by atoms with Gasteiger partial charge in [-0.3, -0.25) is 14.4 Å². The largest absolute Gasteiger partial charge is 0.493 e. The van der Waals surface area contributed by atoms with E-state index in [9.17, 15) is 14.4 Å². The van der Waals surface area contributed by atoms with E-state index in [2.05, 4.69) is 5.32 Å². The molecule has 3 amide bonds. The fraction of sp³-hybridized carbons (Fsp3) is 0.348. The number of methoxy groups -OCH3 is 3. The summed E-state index contributed by atoms with van der Waals surface area (Å²) >= 11 is 0. The summed E-state index contributed by atoms with van der Waals surface area (Å²) in [5.74, 6) is 0.712. The number of nitrogens with one attached hydrogen (secondary N) is 1. The lowest BCUT2D eigenvalue weighted by molar-refractivity contribution is -0.114. The Morgan fingerprint density at radius 1 is 0.781 bits per heavy atom. The molecule has 3 rings (SSSR count). The number of carbonyl (C=O) groups is 3. The Morgan fingerprint density at radius 2 is 1.31 bits per heavy atom. The monoisotopic (exact) mass is 441 g/mol. The van der Waals surface area contributed by atoms with E-state index in [1.165, 1.54) is 28.3 Å². The molecule has 0 bridgehead atoms. The number of nitrogens with zero attached hydrogens (tertiary/aromatic N) is 2. The van der Waals surface area contributed by atoms with Gasteiger partial charge in [0.25, 0.3) is 11.8 Å². The van der Waals surface area contributed by atoms with Gasteiger partial charge in [-0.1, -0.05) is 6.07 Å². The van der Waals surface area contributed by atoms with E-state index in [0.29, 0.717) is 60.2 Å². The van der Waals surface area contributed by atoms with E-state index in [0.717, 1.165) is 0 Å². The van der Waals surface area contributed by atoms with Crippen LogP contribution in [0.5, 0.6) is 17.2 Å². The lowest BCUT2D eigenvalue weighted by Gasteiger charge is -2.35. The van der Waals surface area contributed by atoms with Crippen molar-refractivity contribution in [2.75, 3.05) is 52.8 Å². The first-order chi connectivity index (χ1) is 15.4. The molecule has 1 aliphatic heterocycles. The third-order valence-electron chi connectivity index (χ3n) is 5.20. The second-order valence-electron chi connectivity index (χ2n) is 7.26. The van der Waals surface area contributed by atoms with Crippen LogP contribution in [0.2, 0.25) is 0 Å². The summed E-state index contributed by atoms with van der Waals surface area (Å²) in [4.78, 5) is 40.6. The Balaban J connectivity index is 1.69. The van der Waals surface area contributed by atoms with E-state index >= 15 is 0 Å². The number of ether oxygens (including phenoxy) is 3. The van der Waals surface area contributed by atoms with Gasteiger partial charge in [0.2, 0.25) is 11.7 Å². The fourth-order valence-electron chi connectivity index (χ4n) is 3.62. The Morgan fingerprint density at radius 3 is 1.78 bits per heavy atom. The number of carbonyl (C=O) groups excluding carboxylic acids is 3. The van der Waals surface area contributed by atoms with Crippen LogP contribution in [0.4, 0.5) is 5.69 Å². The molecule has 32 heavy (non-hydrogen) atoms. The molecule has 2 aromatic carbocycles. The number of amides is 3. The van der Waals surface area contributed by atoms with Crippen LogP contribution in [-0.4, -0.2) is 75.0 Å². The molecule has 0 atom stereocenters. The maximum Gasteiger partial charge on any atom is 0.254 e. The minimum absolute atomic E-state index is 0.142. The second kappa shape index (κ2) is 10.0. The molecular formula is C23H27N3O6. The van der Waals surface area contributed by atoms with Crippen molar-refractivity contribution in [3.05, 3.63) is 47.5 Å². The van der Waals surface area contributed by atoms with Gasteiger partial charge >= 0.3 is 0 Å². The zero-order valence-electron chi connectivity index (χ0n) is 18.6. The van der Waals surface area contributed by atoms with Crippen molar-refractivity contribution in [3.63, 3.8) is 0 Å². The van der Waals surface area contributed by atoms with Gasteiger partial charge in [0.15, 0.2) is 11.5 Å². The molecule has 0 aliphatic carbocycles. The average molecular weight is 441 g/mol. The predicted molar refractivity (Wildman–Crippen MR) is 119 cm³/mol. The molecule has 2 aromatic rings. The zero-order chi connectivity index (χ0) is 23.3. The van der Waals surface area contributed by atoms with Crippen LogP contribution in [-0.2, 0) is 4.79 Å². The van der Waals surface area contributed by atoms with Crippen LogP contribution in [0, 0.1) is 0 Å². The molecule has 1 fully saturated rings. The quantitative estimate of drug-likeness (QED) is 0.739. The number of anilines is 1. The molecule has 9 heteroatoms. The highest BCUT2D eigenvalue weighted by atomic mass is 16.5. The van der Waals surface area contributed by atoms with Crippen LogP contribution in [0.1, 0.15) is 27.6 Å². The molecule has 0 radical (unpaired) electrons. The van der Waals surface area contributed by atoms with Gasteiger partial charge in [0.1, 0.15) is 0 Å². The summed E-state index contributed by atoms with van der Waals surface area (Å²) in [7, 11) is 4.50. The summed E-state index contributed by atoms with van der Waals surface area (Å²) in [6.45, 7) is 3.01. The number of piperazine rings is 1. The summed E-state index contributed by atoms with van der Waals surface area (Å²) in [6.07, 6.45) is 0. The molecule has 9 nitrogen and oxygen atoms in total. The Labute approximate surface area is 186 Å². The third kappa shape index (κ3) is 4.93. The van der Waals surface area contributed by atoms with Crippen LogP contribution >= 0.6 is 0 Å². The maximum atomic E-state index is 13.1. The molecule has 1 aliphatic rings. The van der Waals surface area contributed by atoms with Gasteiger partial charge in [-0.25, -0.2) is 0 Å². The zero-order valence-corrected chi connectivity index (χ0v) is 18.6. The van der Waals surface area contributed by atoms with E-state index in [4.69, 9.17) is 14.2 Å². The molecule has 0 saturated carbocycles. The van der Waals surface area contributed by atoms with Crippen molar-refractivity contribution < 1.29 is 28.6 Å². The number of benzene rings is 2. The van der Waals surface area contributed by atoms with Crippen LogP contribution in [0.15, 0.2) is 36.4 Å². The van der Waals surface area contributed by atoms with Gasteiger partial charge in [-0.15, -0.1) is 0 Å². The lowest BCUT2D eigenvalue weighted by atomic mass is 10.1. The van der Waals surface area contributed by atoms with Gasteiger partial charge in [0, 0.05) is 49.9 Å². The fourth-order valence-corrected chi connectivity index (χ4v) is 3.62. The second-order valence-corrected chi connectivity index (χ2v) is 7.26. The third-order valence-corrected chi connectivity index (χ3v) is 5.20. The summed E-state index contributed by atoms with van der Waals surface area (Å²) in [5, 5.41) is 2.68. The first-order valence-corrected chi connectivity index (χ1v) is 10.1. The summed E-state index contributed by atoms with van der Waals surface area (Å²) in [6, 6.07) is 10.1. The van der Waals surface area contributed by atoms with E-state index < -0.39 is 0 Å². The molecular weight excluding hydrogens is 414 g/mol. The van der Waals surface area contributed by atoms with Crippen molar-refractivity contribution in [1.29, 1.82) is 0 Å². The molecule has 1 saturated heterocycles. The van der Waals surface area contributed by atoms with Crippen molar-refractivity contribution in [1.82, 2.24) is 9.80 Å². The highest BCUT2D eigenvalue weighted by molar-refractivity contribution is 5.98.